The zero-order chi connectivity index (χ0) is 11.8. The number of nitrogens with zero attached hydrogens (tertiary/aromatic N) is 4. The van der Waals surface area contributed by atoms with Crippen LogP contribution < -0.4 is 0 Å². The van der Waals surface area contributed by atoms with E-state index in [1.54, 1.807) is 0 Å². The van der Waals surface area contributed by atoms with Gasteiger partial charge < -0.3 is 9.80 Å². The fraction of sp³-hybridized carbons (Fsp3) is 0.727. The van der Waals surface area contributed by atoms with Crippen LogP contribution >= 0.6 is 0 Å². The van der Waals surface area contributed by atoms with Crippen LogP contribution in [0, 0.1) is 0 Å². The van der Waals surface area contributed by atoms with E-state index in [1.807, 2.05) is 4.90 Å². The van der Waals surface area contributed by atoms with Crippen LogP contribution in [0.5, 0.6) is 0 Å². The molecule has 1 aromatic heterocycles. The Kier molecular flexibility index (Phi) is 2.58. The van der Waals surface area contributed by atoms with E-state index >= 15 is 0 Å². The first-order valence-corrected chi connectivity index (χ1v) is 6.12. The van der Waals surface area contributed by atoms with Crippen molar-refractivity contribution in [1.29, 1.82) is 0 Å². The van der Waals surface area contributed by atoms with Crippen molar-refractivity contribution in [3.8, 4) is 0 Å². The fourth-order valence-corrected chi connectivity index (χ4v) is 3.01. The van der Waals surface area contributed by atoms with Gasteiger partial charge in [0.05, 0.1) is 6.20 Å². The van der Waals surface area contributed by atoms with Crippen molar-refractivity contribution in [2.24, 2.45) is 0 Å². The molecular weight excluding hydrogens is 218 g/mol. The number of likely N-dealkylation sites (N-methyl/N-ethyl adjacent to an activating group) is 1. The zero-order valence-corrected chi connectivity index (χ0v) is 9.96. The molecule has 0 spiro atoms. The number of H-pyrrole nitrogens is 1. The number of nitrogens with one attached hydrogen (secondary N) is 1. The molecule has 92 valence electrons. The van der Waals surface area contributed by atoms with Crippen molar-refractivity contribution in [2.45, 2.75) is 31.3 Å². The minimum atomic E-state index is 0.0292. The Hall–Kier alpha value is -1.43. The summed E-state index contributed by atoms with van der Waals surface area (Å²) in [6.45, 7) is 2.05. The van der Waals surface area contributed by atoms with E-state index in [0.717, 1.165) is 32.4 Å². The molecule has 3 heterocycles. The van der Waals surface area contributed by atoms with Crippen molar-refractivity contribution >= 4 is 5.91 Å². The van der Waals surface area contributed by atoms with Gasteiger partial charge in [-0.2, -0.15) is 15.4 Å². The smallest absolute Gasteiger partial charge is 0.276 e. The summed E-state index contributed by atoms with van der Waals surface area (Å²) in [5.41, 5.74) is 0.437. The van der Waals surface area contributed by atoms with Gasteiger partial charge in [0, 0.05) is 18.6 Å². The lowest BCUT2D eigenvalue weighted by Crippen LogP contribution is -2.42. The van der Waals surface area contributed by atoms with E-state index in [4.69, 9.17) is 0 Å². The number of aromatic amines is 1. The van der Waals surface area contributed by atoms with Crippen LogP contribution in [0.2, 0.25) is 0 Å². The quantitative estimate of drug-likeness (QED) is 0.750. The topological polar surface area (TPSA) is 65.1 Å². The second-order valence-electron chi connectivity index (χ2n) is 5.00. The second-order valence-corrected chi connectivity index (χ2v) is 5.00. The van der Waals surface area contributed by atoms with Crippen molar-refractivity contribution in [3.05, 3.63) is 11.9 Å². The molecule has 1 N–H and O–H groups in total. The van der Waals surface area contributed by atoms with Crippen LogP contribution in [-0.4, -0.2) is 63.3 Å². The molecule has 6 heteroatoms. The Balaban J connectivity index is 1.85. The molecule has 0 saturated carbocycles. The largest absolute Gasteiger partial charge is 0.330 e. The van der Waals surface area contributed by atoms with Crippen LogP contribution in [-0.2, 0) is 0 Å². The van der Waals surface area contributed by atoms with Gasteiger partial charge in [-0.3, -0.25) is 4.79 Å². The lowest BCUT2D eigenvalue weighted by atomic mass is 10.1. The van der Waals surface area contributed by atoms with Gasteiger partial charge in [-0.15, -0.1) is 0 Å². The monoisotopic (exact) mass is 235 g/mol. The van der Waals surface area contributed by atoms with Crippen LogP contribution in [0.1, 0.15) is 29.8 Å². The molecule has 17 heavy (non-hydrogen) atoms. The average Bonchev–Trinajstić information content (AvgIpc) is 2.90. The zero-order valence-electron chi connectivity index (χ0n) is 9.96. The Morgan fingerprint density at radius 3 is 3.00 bits per heavy atom. The number of amides is 1. The number of hydrogen-bond donors (Lipinski definition) is 1. The summed E-state index contributed by atoms with van der Waals surface area (Å²) in [4.78, 5) is 16.7. The second kappa shape index (κ2) is 4.10. The number of hydrogen-bond acceptors (Lipinski definition) is 4. The molecule has 2 saturated heterocycles. The molecule has 0 aromatic carbocycles. The Bertz CT molecular complexity index is 404. The van der Waals surface area contributed by atoms with E-state index in [0.29, 0.717) is 17.8 Å². The highest BCUT2D eigenvalue weighted by molar-refractivity contribution is 5.92. The van der Waals surface area contributed by atoms with Crippen molar-refractivity contribution in [1.82, 2.24) is 25.2 Å². The van der Waals surface area contributed by atoms with Crippen molar-refractivity contribution in [3.63, 3.8) is 0 Å². The highest BCUT2D eigenvalue weighted by Crippen LogP contribution is 2.30. The Labute approximate surface area is 100.0 Å². The summed E-state index contributed by atoms with van der Waals surface area (Å²) in [5, 5.41) is 10.1. The van der Waals surface area contributed by atoms with Gasteiger partial charge in [0.1, 0.15) is 0 Å². The predicted octanol–water partition coefficient (Wildman–Crippen LogP) is 0.113. The first-order chi connectivity index (χ1) is 8.25. The third kappa shape index (κ3) is 1.82. The highest BCUT2D eigenvalue weighted by atomic mass is 16.2. The van der Waals surface area contributed by atoms with Gasteiger partial charge >= 0.3 is 0 Å². The molecule has 1 amide bonds. The molecule has 0 aliphatic carbocycles. The first kappa shape index (κ1) is 10.7. The predicted molar refractivity (Wildman–Crippen MR) is 61.5 cm³/mol. The molecule has 0 radical (unpaired) electrons. The van der Waals surface area contributed by atoms with Gasteiger partial charge in [-0.25, -0.2) is 0 Å². The van der Waals surface area contributed by atoms with E-state index in [2.05, 4.69) is 27.4 Å². The summed E-state index contributed by atoms with van der Waals surface area (Å²) in [6, 6.07) is 0.728. The molecule has 2 aliphatic rings. The number of rotatable bonds is 1. The maximum atomic E-state index is 12.4. The fourth-order valence-electron chi connectivity index (χ4n) is 3.01. The third-order valence-corrected chi connectivity index (χ3v) is 3.86. The number of likely N-dealkylation sites (tertiary alicyclic amines) is 1. The van der Waals surface area contributed by atoms with Gasteiger partial charge in [0.2, 0.25) is 0 Å². The maximum absolute atomic E-state index is 12.4. The van der Waals surface area contributed by atoms with Gasteiger partial charge in [-0.1, -0.05) is 0 Å². The van der Waals surface area contributed by atoms with E-state index in [1.165, 1.54) is 6.20 Å². The van der Waals surface area contributed by atoms with Gasteiger partial charge in [0.25, 0.3) is 5.91 Å². The van der Waals surface area contributed by atoms with E-state index in [9.17, 15) is 4.79 Å². The molecular formula is C11H17N5O. The van der Waals surface area contributed by atoms with Crippen molar-refractivity contribution in [2.75, 3.05) is 20.1 Å². The molecule has 1 aromatic rings. The van der Waals surface area contributed by atoms with Gasteiger partial charge in [-0.05, 0) is 32.9 Å². The van der Waals surface area contributed by atoms with E-state index < -0.39 is 0 Å². The van der Waals surface area contributed by atoms with E-state index in [-0.39, 0.29) is 5.91 Å². The molecule has 2 aliphatic heterocycles. The molecule has 0 unspecified atom stereocenters. The van der Waals surface area contributed by atoms with Crippen LogP contribution in [0.25, 0.3) is 0 Å². The summed E-state index contributed by atoms with van der Waals surface area (Å²) in [5.74, 6) is 0.0292. The minimum Gasteiger partial charge on any atom is -0.330 e. The Morgan fingerprint density at radius 2 is 2.24 bits per heavy atom. The number of carbonyl (C=O) groups excluding carboxylic acids is 1. The maximum Gasteiger partial charge on any atom is 0.276 e. The van der Waals surface area contributed by atoms with Gasteiger partial charge in [0.15, 0.2) is 5.69 Å². The molecule has 2 bridgehead atoms. The first-order valence-electron chi connectivity index (χ1n) is 6.12. The lowest BCUT2D eigenvalue weighted by Gasteiger charge is -2.27. The Morgan fingerprint density at radius 1 is 1.41 bits per heavy atom. The molecule has 6 nitrogen and oxygen atoms in total. The SMILES string of the molecule is CN1CC[C@H]2CC[C@@H](C1)N2C(=O)c1cn[nH]n1. The molecule has 2 atom stereocenters. The minimum absolute atomic E-state index is 0.0292. The normalized spacial score (nSPS) is 29.4. The third-order valence-electron chi connectivity index (χ3n) is 3.86. The van der Waals surface area contributed by atoms with Crippen molar-refractivity contribution < 1.29 is 4.79 Å². The lowest BCUT2D eigenvalue weighted by molar-refractivity contribution is 0.0667. The van der Waals surface area contributed by atoms with Crippen LogP contribution in [0.4, 0.5) is 0 Å². The molecule has 3 rings (SSSR count). The number of carbonyl (C=O) groups is 1. The summed E-state index contributed by atoms with van der Waals surface area (Å²) < 4.78 is 0. The van der Waals surface area contributed by atoms with Crippen LogP contribution in [0.15, 0.2) is 6.20 Å². The summed E-state index contributed by atoms with van der Waals surface area (Å²) in [7, 11) is 2.12. The standard InChI is InChI=1S/C11H17N5O/c1-15-5-4-8-2-3-9(7-15)16(8)11(17)10-6-12-14-13-10/h6,8-9H,2-5,7H2,1H3,(H,12,13,14)/t8-,9+/m1/s1. The highest BCUT2D eigenvalue weighted by Gasteiger charge is 2.40. The average molecular weight is 235 g/mol. The number of fused-ring (bicyclic) bond motifs is 2. The van der Waals surface area contributed by atoms with Crippen LogP contribution in [0.3, 0.4) is 0 Å². The summed E-state index contributed by atoms with van der Waals surface area (Å²) in [6.07, 6.45) is 4.81. The summed E-state index contributed by atoms with van der Waals surface area (Å²) >= 11 is 0. The number of aromatic nitrogens is 3. The molecule has 2 fully saturated rings.